The molecular formula is C62H59N3O25S. The summed E-state index contributed by atoms with van der Waals surface area (Å²) in [7, 11) is 0. The van der Waals surface area contributed by atoms with Gasteiger partial charge in [-0.15, -0.1) is 0 Å². The monoisotopic (exact) mass is 1280 g/mol. The number of amides is 6. The Kier molecular flexibility index (Phi) is 19.2. The van der Waals surface area contributed by atoms with Crippen LogP contribution >= 0.6 is 11.8 Å². The number of carbonyl (C=O) groups is 13. The first kappa shape index (κ1) is 64.7. The smallest absolute Gasteiger partial charge is 0.303 e. The lowest BCUT2D eigenvalue weighted by Crippen LogP contribution is -2.69. The van der Waals surface area contributed by atoms with Crippen molar-refractivity contribution in [1.82, 2.24) is 14.7 Å². The number of fused-ring (bicyclic) bond motifs is 3. The van der Waals surface area contributed by atoms with Gasteiger partial charge in [0.25, 0.3) is 35.4 Å². The molecule has 91 heavy (non-hydrogen) atoms. The number of hydrogen-bond acceptors (Lipinski definition) is 26. The molecule has 29 heteroatoms. The number of carbonyl (C=O) groups excluding carboxylic acids is 13. The third kappa shape index (κ3) is 13.2. The van der Waals surface area contributed by atoms with E-state index in [1.807, 2.05) is 0 Å². The maximum absolute atomic E-state index is 14.7. The molecule has 6 amide bonds. The zero-order valence-electron chi connectivity index (χ0n) is 49.6. The molecule has 0 N–H and O–H groups in total. The van der Waals surface area contributed by atoms with Gasteiger partial charge in [-0.3, -0.25) is 77.0 Å². The van der Waals surface area contributed by atoms with Crippen LogP contribution in [0.1, 0.15) is 111 Å². The second-order valence-corrected chi connectivity index (χ2v) is 22.7. The minimum atomic E-state index is -2.09. The van der Waals surface area contributed by atoms with Crippen molar-refractivity contribution in [2.45, 2.75) is 144 Å². The van der Waals surface area contributed by atoms with Crippen LogP contribution in [0.15, 0.2) is 108 Å². The van der Waals surface area contributed by atoms with Crippen LogP contribution in [0.25, 0.3) is 0 Å². The van der Waals surface area contributed by atoms with Gasteiger partial charge in [0, 0.05) is 53.4 Å². The van der Waals surface area contributed by atoms with Crippen molar-refractivity contribution in [2.24, 2.45) is 0 Å². The summed E-state index contributed by atoms with van der Waals surface area (Å²) in [4.78, 5) is 182. The first-order valence-corrected chi connectivity index (χ1v) is 29.3. The number of benzene rings is 4. The Bertz CT molecular complexity index is 3510. The van der Waals surface area contributed by atoms with Gasteiger partial charge in [0.1, 0.15) is 48.5 Å². The molecule has 6 aliphatic rings. The van der Waals surface area contributed by atoms with Gasteiger partial charge in [0.15, 0.2) is 49.2 Å². The molecule has 0 aromatic heterocycles. The third-order valence-corrected chi connectivity index (χ3v) is 16.5. The molecule has 15 atom stereocenters. The summed E-state index contributed by atoms with van der Waals surface area (Å²) in [6.07, 6.45) is -20.2. The maximum atomic E-state index is 14.7. The number of imide groups is 3. The van der Waals surface area contributed by atoms with Gasteiger partial charge in [-0.2, -0.15) is 0 Å². The first-order chi connectivity index (χ1) is 43.4. The zero-order valence-corrected chi connectivity index (χ0v) is 50.4. The highest BCUT2D eigenvalue weighted by atomic mass is 32.2. The van der Waals surface area contributed by atoms with Crippen molar-refractivity contribution in [1.29, 1.82) is 0 Å². The quantitative estimate of drug-likeness (QED) is 0.0739. The van der Waals surface area contributed by atoms with Crippen molar-refractivity contribution in [3.63, 3.8) is 0 Å². The molecule has 0 radical (unpaired) electrons. The average molecular weight is 1280 g/mol. The standard InChI is InChI=1S/C62H59N3O25S/c1-28(66)79-25-42-48(82-29(2)67)51(85-32(5)70)45(63-54(73)36-19-11-12-20-37(36)55(63)74)60(88-42)80-26-43-49(83-30(3)68)52(86-33(6)71)46(64-56(75)38-21-13-14-22-39(38)57(64)76)61(89-43)81-27-44-50(84-31(4)69)53(87-34(7)72)47(62(90-44)91-35-17-9-8-10-18-35)65-58(77)40-23-15-16-24-41(40)59(65)78/h8-24,42-53,60-62H,25-27H2,1-7H3/t42-,43-,44-,45-,46-,47-,48-,49-,50-,51-,52-,53-,60-,61-,62+/m1/s1. The Morgan fingerprint density at radius 3 is 0.945 bits per heavy atom. The highest BCUT2D eigenvalue weighted by Gasteiger charge is 2.62. The largest absolute Gasteiger partial charge is 0.463 e. The van der Waals surface area contributed by atoms with Crippen molar-refractivity contribution in [2.75, 3.05) is 19.8 Å². The van der Waals surface area contributed by atoms with Gasteiger partial charge < -0.3 is 56.8 Å². The van der Waals surface area contributed by atoms with Gasteiger partial charge >= 0.3 is 41.8 Å². The van der Waals surface area contributed by atoms with E-state index in [1.54, 1.807) is 42.5 Å². The van der Waals surface area contributed by atoms with Gasteiger partial charge in [0.2, 0.25) is 0 Å². The predicted molar refractivity (Wildman–Crippen MR) is 302 cm³/mol. The fraction of sp³-hybridized carbons (Fsp3) is 0.403. The molecule has 478 valence electrons. The van der Waals surface area contributed by atoms with E-state index in [9.17, 15) is 62.3 Å². The second-order valence-electron chi connectivity index (χ2n) is 21.5. The Labute approximate surface area is 521 Å². The van der Waals surface area contributed by atoms with Gasteiger partial charge in [-0.25, -0.2) is 0 Å². The minimum Gasteiger partial charge on any atom is -0.463 e. The Morgan fingerprint density at radius 2 is 0.626 bits per heavy atom. The lowest BCUT2D eigenvalue weighted by atomic mass is 9.93. The van der Waals surface area contributed by atoms with E-state index < -0.39 is 188 Å². The minimum absolute atomic E-state index is 0.0139. The number of hydrogen-bond donors (Lipinski definition) is 0. The van der Waals surface area contributed by atoms with Crippen LogP contribution in [0.4, 0.5) is 0 Å². The molecular weight excluding hydrogens is 1220 g/mol. The first-order valence-electron chi connectivity index (χ1n) is 28.4. The van der Waals surface area contributed by atoms with E-state index in [0.717, 1.165) is 65.1 Å². The number of ether oxygens (including phenoxy) is 12. The molecule has 6 heterocycles. The Balaban J connectivity index is 1.07. The molecule has 6 aliphatic heterocycles. The average Bonchev–Trinajstić information content (AvgIpc) is 1.57. The van der Waals surface area contributed by atoms with Gasteiger partial charge in [-0.05, 0) is 48.5 Å². The van der Waals surface area contributed by atoms with Gasteiger partial charge in [-0.1, -0.05) is 66.4 Å². The molecule has 10 rings (SSSR count). The van der Waals surface area contributed by atoms with E-state index in [4.69, 9.17) is 56.8 Å². The summed E-state index contributed by atoms with van der Waals surface area (Å²) in [6, 6.07) is 20.3. The maximum Gasteiger partial charge on any atom is 0.303 e. The Morgan fingerprint density at radius 1 is 0.352 bits per heavy atom. The molecule has 0 unspecified atom stereocenters. The fourth-order valence-electron chi connectivity index (χ4n) is 11.9. The van der Waals surface area contributed by atoms with Crippen molar-refractivity contribution in [3.8, 4) is 0 Å². The van der Waals surface area contributed by atoms with E-state index in [-0.39, 0.29) is 33.4 Å². The van der Waals surface area contributed by atoms with Gasteiger partial charge in [0.05, 0.1) is 46.6 Å². The van der Waals surface area contributed by atoms with E-state index in [1.165, 1.54) is 60.7 Å². The zero-order chi connectivity index (χ0) is 65.3. The van der Waals surface area contributed by atoms with Crippen LogP contribution < -0.4 is 0 Å². The van der Waals surface area contributed by atoms with E-state index in [2.05, 4.69) is 0 Å². The molecule has 3 saturated heterocycles. The molecule has 0 saturated carbocycles. The molecule has 4 aromatic rings. The lowest BCUT2D eigenvalue weighted by molar-refractivity contribution is -0.319. The topological polar surface area (TPSA) is 342 Å². The summed E-state index contributed by atoms with van der Waals surface area (Å²) in [5.74, 6) is -12.4. The summed E-state index contributed by atoms with van der Waals surface area (Å²) < 4.78 is 73.4. The highest BCUT2D eigenvalue weighted by Crippen LogP contribution is 2.43. The second kappa shape index (κ2) is 27.1. The number of thioether (sulfide) groups is 1. The number of esters is 7. The summed E-state index contributed by atoms with van der Waals surface area (Å²) in [5.41, 5.74) is -1.82. The van der Waals surface area contributed by atoms with Crippen LogP contribution in [0.3, 0.4) is 0 Å². The molecule has 0 aliphatic carbocycles. The Hall–Kier alpha value is -9.26. The van der Waals surface area contributed by atoms with Crippen LogP contribution in [-0.4, -0.2) is 203 Å². The van der Waals surface area contributed by atoms with Crippen LogP contribution in [0.2, 0.25) is 0 Å². The van der Waals surface area contributed by atoms with E-state index >= 15 is 0 Å². The summed E-state index contributed by atoms with van der Waals surface area (Å²) in [6.45, 7) is 4.50. The van der Waals surface area contributed by atoms with Crippen molar-refractivity contribution >= 4 is 89.0 Å². The molecule has 4 aromatic carbocycles. The fourth-order valence-corrected chi connectivity index (χ4v) is 13.1. The summed E-state index contributed by atoms with van der Waals surface area (Å²) in [5, 5.41) is 0. The molecule has 0 bridgehead atoms. The highest BCUT2D eigenvalue weighted by molar-refractivity contribution is 7.99. The number of nitrogens with zero attached hydrogens (tertiary/aromatic N) is 3. The summed E-state index contributed by atoms with van der Waals surface area (Å²) >= 11 is 0.983. The number of rotatable bonds is 19. The molecule has 28 nitrogen and oxygen atoms in total. The predicted octanol–water partition coefficient (Wildman–Crippen LogP) is 3.13. The molecule has 3 fully saturated rings. The third-order valence-electron chi connectivity index (χ3n) is 15.3. The van der Waals surface area contributed by atoms with Crippen LogP contribution in [-0.2, 0) is 90.4 Å². The van der Waals surface area contributed by atoms with E-state index in [0.29, 0.717) is 14.7 Å². The SMILES string of the molecule is CC(=O)OC[C@H]1O[C@@H](OC[C@H]2O[C@@H](OC[C@H]3O[C@@H](Sc4ccccc4)[C@H](N4C(=O)c5ccccc5C4=O)[C@@H](OC(C)=O)[C@@H]3OC(C)=O)[C@H](N3C(=O)c4ccccc4C3=O)[C@@H](OC(C)=O)[C@@H]2OC(C)=O)[C@H](N2C(=O)c3ccccc3C2=O)[C@@H](OC(C)=O)[C@@H]1OC(C)=O. The lowest BCUT2D eigenvalue weighted by Gasteiger charge is -2.50. The molecule has 0 spiro atoms. The normalized spacial score (nSPS) is 28.3. The van der Waals surface area contributed by atoms with Crippen molar-refractivity contribution < 1.29 is 119 Å². The van der Waals surface area contributed by atoms with Crippen LogP contribution in [0.5, 0.6) is 0 Å². The van der Waals surface area contributed by atoms with Crippen molar-refractivity contribution in [3.05, 3.63) is 137 Å². The van der Waals surface area contributed by atoms with Crippen LogP contribution in [0, 0.1) is 0 Å².